The summed E-state index contributed by atoms with van der Waals surface area (Å²) in [7, 11) is 0. The maximum atomic E-state index is 13.8. The highest BCUT2D eigenvalue weighted by Gasteiger charge is 2.42. The van der Waals surface area contributed by atoms with E-state index in [0.717, 1.165) is 11.1 Å². The van der Waals surface area contributed by atoms with E-state index in [9.17, 15) is 18.8 Å². The van der Waals surface area contributed by atoms with E-state index in [1.54, 1.807) is 35.2 Å². The zero-order valence-corrected chi connectivity index (χ0v) is 23.4. The van der Waals surface area contributed by atoms with Gasteiger partial charge in [-0.25, -0.2) is 4.39 Å². The Morgan fingerprint density at radius 1 is 1.05 bits per heavy atom. The summed E-state index contributed by atoms with van der Waals surface area (Å²) < 4.78 is 13.3. The Morgan fingerprint density at radius 3 is 2.32 bits per heavy atom. The van der Waals surface area contributed by atoms with Gasteiger partial charge >= 0.3 is 0 Å². The lowest BCUT2D eigenvalue weighted by Gasteiger charge is -2.44. The van der Waals surface area contributed by atoms with Crippen molar-refractivity contribution in [1.29, 1.82) is 0 Å². The summed E-state index contributed by atoms with van der Waals surface area (Å²) in [5.74, 6) is -1.27. The number of benzene rings is 2. The minimum absolute atomic E-state index is 0.118. The van der Waals surface area contributed by atoms with Gasteiger partial charge in [0.05, 0.1) is 16.1 Å². The lowest BCUT2D eigenvalue weighted by Crippen LogP contribution is -2.65. The van der Waals surface area contributed by atoms with Gasteiger partial charge in [-0.1, -0.05) is 54.7 Å². The Balaban J connectivity index is 1.83. The van der Waals surface area contributed by atoms with Gasteiger partial charge in [0.1, 0.15) is 17.9 Å². The van der Waals surface area contributed by atoms with Crippen LogP contribution in [0.25, 0.3) is 0 Å². The molecule has 38 heavy (non-hydrogen) atoms. The van der Waals surface area contributed by atoms with Crippen LogP contribution in [0.5, 0.6) is 0 Å². The minimum Gasteiger partial charge on any atom is -0.352 e. The predicted octanol–water partition coefficient (Wildman–Crippen LogP) is 3.98. The van der Waals surface area contributed by atoms with Crippen LogP contribution in [0.2, 0.25) is 10.0 Å². The third kappa shape index (κ3) is 7.46. The van der Waals surface area contributed by atoms with Gasteiger partial charge in [0.2, 0.25) is 17.7 Å². The van der Waals surface area contributed by atoms with E-state index in [2.05, 4.69) is 5.32 Å². The zero-order valence-electron chi connectivity index (χ0n) is 21.9. The second-order valence-corrected chi connectivity index (χ2v) is 10.8. The fourth-order valence-corrected chi connectivity index (χ4v) is 5.04. The Morgan fingerprint density at radius 2 is 1.71 bits per heavy atom. The maximum Gasteiger partial charge on any atom is 0.246 e. The first kappa shape index (κ1) is 29.9. The van der Waals surface area contributed by atoms with Crippen molar-refractivity contribution in [2.45, 2.75) is 70.6 Å². The van der Waals surface area contributed by atoms with E-state index in [4.69, 9.17) is 28.9 Å². The first-order valence-corrected chi connectivity index (χ1v) is 13.6. The smallest absolute Gasteiger partial charge is 0.246 e. The molecule has 0 radical (unpaired) electrons. The van der Waals surface area contributed by atoms with Gasteiger partial charge < -0.3 is 20.9 Å². The maximum absolute atomic E-state index is 13.8. The SMILES string of the molecule is CCC[C@@H]1C(=O)N(C(Cc2ccc(Cl)c(Cl)c2)C(=O)NC(C)C)CCN1C(=O)C(N)Cc1ccc(F)cc1. The molecule has 0 bridgehead atoms. The van der Waals surface area contributed by atoms with Crippen molar-refractivity contribution in [1.82, 2.24) is 15.1 Å². The highest BCUT2D eigenvalue weighted by molar-refractivity contribution is 6.42. The number of amides is 3. The number of nitrogens with zero attached hydrogens (tertiary/aromatic N) is 2. The molecule has 0 aliphatic carbocycles. The van der Waals surface area contributed by atoms with Crippen LogP contribution in [0.4, 0.5) is 4.39 Å². The number of nitrogens with two attached hydrogens (primary N) is 1. The summed E-state index contributed by atoms with van der Waals surface area (Å²) in [4.78, 5) is 43.6. The second kappa shape index (κ2) is 13.4. The molecule has 7 nitrogen and oxygen atoms in total. The molecule has 3 N–H and O–H groups in total. The highest BCUT2D eigenvalue weighted by Crippen LogP contribution is 2.26. The van der Waals surface area contributed by atoms with Crippen molar-refractivity contribution in [2.24, 2.45) is 5.73 Å². The van der Waals surface area contributed by atoms with Crippen LogP contribution in [-0.4, -0.2) is 64.8 Å². The summed E-state index contributed by atoms with van der Waals surface area (Å²) >= 11 is 12.3. The fourth-order valence-electron chi connectivity index (χ4n) is 4.72. The van der Waals surface area contributed by atoms with Crippen molar-refractivity contribution >= 4 is 40.9 Å². The predicted molar refractivity (Wildman–Crippen MR) is 147 cm³/mol. The molecule has 1 heterocycles. The Hall–Kier alpha value is -2.68. The molecule has 10 heteroatoms. The van der Waals surface area contributed by atoms with Gasteiger partial charge in [0.15, 0.2) is 0 Å². The fraction of sp³-hybridized carbons (Fsp3) is 0.464. The number of piperazine rings is 1. The van der Waals surface area contributed by atoms with E-state index in [1.165, 1.54) is 17.0 Å². The van der Waals surface area contributed by atoms with Crippen molar-refractivity contribution in [3.8, 4) is 0 Å². The summed E-state index contributed by atoms with van der Waals surface area (Å²) in [6.07, 6.45) is 1.58. The third-order valence-corrected chi connectivity index (χ3v) is 7.32. The minimum atomic E-state index is -0.879. The quantitative estimate of drug-likeness (QED) is 0.456. The molecule has 2 aromatic rings. The average Bonchev–Trinajstić information content (AvgIpc) is 2.86. The van der Waals surface area contributed by atoms with Crippen molar-refractivity contribution in [3.05, 3.63) is 69.5 Å². The van der Waals surface area contributed by atoms with E-state index in [-0.39, 0.29) is 55.5 Å². The summed E-state index contributed by atoms with van der Waals surface area (Å²) in [5, 5.41) is 3.69. The molecule has 2 unspecified atom stereocenters. The third-order valence-electron chi connectivity index (χ3n) is 6.58. The standard InChI is InChI=1S/C28H35Cl2FN4O3/c1-4-5-24-28(38)35(13-12-34(24)27(37)23(32)15-18-6-9-20(31)10-7-18)25(26(36)33-17(2)3)16-19-8-11-21(29)22(30)14-19/h6-11,14,17,23-25H,4-5,12-13,15-16,32H2,1-3H3,(H,33,36)/t23?,24-,25?/m1/s1. The van der Waals surface area contributed by atoms with Gasteiger partial charge in [-0.15, -0.1) is 0 Å². The molecule has 1 fully saturated rings. The molecule has 1 saturated heterocycles. The Kier molecular flexibility index (Phi) is 10.5. The Labute approximate surface area is 233 Å². The summed E-state index contributed by atoms with van der Waals surface area (Å²) in [6.45, 7) is 6.08. The van der Waals surface area contributed by atoms with Crippen molar-refractivity contribution < 1.29 is 18.8 Å². The molecule has 0 aromatic heterocycles. The van der Waals surface area contributed by atoms with Gasteiger partial charge in [-0.05, 0) is 62.1 Å². The van der Waals surface area contributed by atoms with Crippen LogP contribution in [0.3, 0.4) is 0 Å². The van der Waals surface area contributed by atoms with Gasteiger partial charge in [0, 0.05) is 25.6 Å². The molecule has 206 valence electrons. The molecule has 3 amide bonds. The largest absolute Gasteiger partial charge is 0.352 e. The molecule has 0 spiro atoms. The number of carbonyl (C=O) groups excluding carboxylic acids is 3. The van der Waals surface area contributed by atoms with E-state index < -0.39 is 18.1 Å². The van der Waals surface area contributed by atoms with Gasteiger partial charge in [0.25, 0.3) is 0 Å². The number of carbonyl (C=O) groups is 3. The highest BCUT2D eigenvalue weighted by atomic mass is 35.5. The summed E-state index contributed by atoms with van der Waals surface area (Å²) in [5.41, 5.74) is 7.75. The van der Waals surface area contributed by atoms with Crippen molar-refractivity contribution in [3.63, 3.8) is 0 Å². The number of rotatable bonds is 10. The van der Waals surface area contributed by atoms with Crippen LogP contribution in [-0.2, 0) is 27.2 Å². The van der Waals surface area contributed by atoms with Crippen LogP contribution in [0, 0.1) is 5.82 Å². The van der Waals surface area contributed by atoms with Crippen molar-refractivity contribution in [2.75, 3.05) is 13.1 Å². The molecule has 3 atom stereocenters. The topological polar surface area (TPSA) is 95.7 Å². The molecular formula is C28H35Cl2FN4O3. The summed E-state index contributed by atoms with van der Waals surface area (Å²) in [6, 6.07) is 8.46. The zero-order chi connectivity index (χ0) is 28.0. The first-order valence-electron chi connectivity index (χ1n) is 12.9. The second-order valence-electron chi connectivity index (χ2n) is 9.94. The molecule has 1 aliphatic heterocycles. The molecular weight excluding hydrogens is 530 g/mol. The van der Waals surface area contributed by atoms with E-state index in [0.29, 0.717) is 22.9 Å². The van der Waals surface area contributed by atoms with Crippen LogP contribution in [0.1, 0.15) is 44.7 Å². The Bertz CT molecular complexity index is 1150. The van der Waals surface area contributed by atoms with E-state index in [1.807, 2.05) is 20.8 Å². The number of hydrogen-bond donors (Lipinski definition) is 2. The van der Waals surface area contributed by atoms with Crippen LogP contribution < -0.4 is 11.1 Å². The number of hydrogen-bond acceptors (Lipinski definition) is 4. The van der Waals surface area contributed by atoms with Crippen LogP contribution in [0.15, 0.2) is 42.5 Å². The van der Waals surface area contributed by atoms with Gasteiger partial charge in [-0.3, -0.25) is 14.4 Å². The lowest BCUT2D eigenvalue weighted by molar-refractivity contribution is -0.156. The first-order chi connectivity index (χ1) is 18.0. The van der Waals surface area contributed by atoms with Crippen LogP contribution >= 0.6 is 23.2 Å². The molecule has 0 saturated carbocycles. The normalized spacial score (nSPS) is 17.5. The monoisotopic (exact) mass is 564 g/mol. The number of nitrogens with one attached hydrogen (secondary N) is 1. The van der Waals surface area contributed by atoms with E-state index >= 15 is 0 Å². The van der Waals surface area contributed by atoms with Gasteiger partial charge in [-0.2, -0.15) is 0 Å². The molecule has 2 aromatic carbocycles. The molecule has 3 rings (SSSR count). The lowest BCUT2D eigenvalue weighted by atomic mass is 9.97. The molecule has 1 aliphatic rings. The average molecular weight is 566 g/mol. The number of halogens is 3.